The fourth-order valence-corrected chi connectivity index (χ4v) is 2.51. The summed E-state index contributed by atoms with van der Waals surface area (Å²) >= 11 is 0. The number of hydrogen-bond donors (Lipinski definition) is 2. The van der Waals surface area contributed by atoms with E-state index in [1.54, 1.807) is 11.8 Å². The van der Waals surface area contributed by atoms with Crippen molar-refractivity contribution in [1.29, 1.82) is 0 Å². The molecule has 0 saturated carbocycles. The van der Waals surface area contributed by atoms with Crippen LogP contribution in [-0.2, 0) is 14.4 Å². The van der Waals surface area contributed by atoms with E-state index in [1.165, 1.54) is 0 Å². The van der Waals surface area contributed by atoms with Gasteiger partial charge in [-0.2, -0.15) is 0 Å². The van der Waals surface area contributed by atoms with Crippen molar-refractivity contribution in [2.45, 2.75) is 52.5 Å². The first-order valence-corrected chi connectivity index (χ1v) is 7.72. The topological polar surface area (TPSA) is 86.7 Å². The molecule has 0 bridgehead atoms. The third-order valence-corrected chi connectivity index (χ3v) is 4.16. The van der Waals surface area contributed by atoms with Crippen molar-refractivity contribution in [3.05, 3.63) is 0 Å². The van der Waals surface area contributed by atoms with E-state index in [9.17, 15) is 14.4 Å². The van der Waals surface area contributed by atoms with Gasteiger partial charge < -0.3 is 15.3 Å². The number of hydrogen-bond acceptors (Lipinski definition) is 3. The lowest BCUT2D eigenvalue weighted by atomic mass is 9.95. The average molecular weight is 298 g/mol. The Balaban J connectivity index is 2.61. The second-order valence-electron chi connectivity index (χ2n) is 5.74. The molecule has 1 rings (SSSR count). The van der Waals surface area contributed by atoms with Gasteiger partial charge in [-0.05, 0) is 25.7 Å². The number of carbonyl (C=O) groups is 3. The van der Waals surface area contributed by atoms with Gasteiger partial charge in [-0.1, -0.05) is 20.8 Å². The Labute approximate surface area is 125 Å². The maximum absolute atomic E-state index is 12.2. The normalized spacial score (nSPS) is 21.5. The van der Waals surface area contributed by atoms with Crippen LogP contribution in [0.15, 0.2) is 0 Å². The zero-order valence-corrected chi connectivity index (χ0v) is 13.1. The van der Waals surface area contributed by atoms with E-state index in [-0.39, 0.29) is 23.7 Å². The van der Waals surface area contributed by atoms with Crippen LogP contribution in [-0.4, -0.2) is 46.9 Å². The van der Waals surface area contributed by atoms with E-state index in [0.717, 1.165) is 12.8 Å². The SMILES string of the molecule is CCC(C)C(=O)N1CCCC(C(=O)NC(CC)C(=O)O)C1. The Morgan fingerprint density at radius 3 is 2.48 bits per heavy atom. The number of piperidine rings is 1. The van der Waals surface area contributed by atoms with Crippen LogP contribution in [0.5, 0.6) is 0 Å². The van der Waals surface area contributed by atoms with Gasteiger partial charge in [0.15, 0.2) is 0 Å². The van der Waals surface area contributed by atoms with Crippen LogP contribution in [0.3, 0.4) is 0 Å². The van der Waals surface area contributed by atoms with Gasteiger partial charge in [0.05, 0.1) is 5.92 Å². The first-order chi connectivity index (χ1) is 9.90. The van der Waals surface area contributed by atoms with Gasteiger partial charge in [0.1, 0.15) is 6.04 Å². The molecule has 3 unspecified atom stereocenters. The molecular formula is C15H26N2O4. The molecule has 1 saturated heterocycles. The van der Waals surface area contributed by atoms with Gasteiger partial charge in [0.25, 0.3) is 0 Å². The minimum atomic E-state index is -1.02. The highest BCUT2D eigenvalue weighted by Crippen LogP contribution is 2.19. The second-order valence-corrected chi connectivity index (χ2v) is 5.74. The predicted octanol–water partition coefficient (Wildman–Crippen LogP) is 1.25. The summed E-state index contributed by atoms with van der Waals surface area (Å²) in [4.78, 5) is 37.1. The summed E-state index contributed by atoms with van der Waals surface area (Å²) in [5.74, 6) is -1.53. The van der Waals surface area contributed by atoms with Crippen LogP contribution in [0.1, 0.15) is 46.5 Å². The highest BCUT2D eigenvalue weighted by atomic mass is 16.4. The number of likely N-dealkylation sites (tertiary alicyclic amines) is 1. The smallest absolute Gasteiger partial charge is 0.326 e. The highest BCUT2D eigenvalue weighted by molar-refractivity contribution is 5.86. The summed E-state index contributed by atoms with van der Waals surface area (Å²) < 4.78 is 0. The van der Waals surface area contributed by atoms with Crippen LogP contribution in [0, 0.1) is 11.8 Å². The molecular weight excluding hydrogens is 272 g/mol. The molecule has 1 aliphatic heterocycles. The van der Waals surface area contributed by atoms with Crippen molar-refractivity contribution in [1.82, 2.24) is 10.2 Å². The lowest BCUT2D eigenvalue weighted by molar-refractivity contribution is -0.144. The molecule has 1 aliphatic rings. The summed E-state index contributed by atoms with van der Waals surface area (Å²) in [6.07, 6.45) is 2.61. The molecule has 0 spiro atoms. The van der Waals surface area contributed by atoms with Crippen molar-refractivity contribution in [3.8, 4) is 0 Å². The monoisotopic (exact) mass is 298 g/mol. The summed E-state index contributed by atoms with van der Waals surface area (Å²) in [6.45, 7) is 6.66. The van der Waals surface area contributed by atoms with E-state index in [4.69, 9.17) is 5.11 Å². The molecule has 1 heterocycles. The number of carboxylic acids is 1. The number of aliphatic carboxylic acids is 1. The molecule has 2 amide bonds. The minimum Gasteiger partial charge on any atom is -0.480 e. The molecule has 0 radical (unpaired) electrons. The summed E-state index contributed by atoms with van der Waals surface area (Å²) in [5, 5.41) is 11.5. The Kier molecular flexibility index (Phi) is 6.65. The first-order valence-electron chi connectivity index (χ1n) is 7.72. The van der Waals surface area contributed by atoms with Gasteiger partial charge in [0.2, 0.25) is 11.8 Å². The van der Waals surface area contributed by atoms with Crippen molar-refractivity contribution in [2.75, 3.05) is 13.1 Å². The molecule has 3 atom stereocenters. The van der Waals surface area contributed by atoms with E-state index in [1.807, 2.05) is 13.8 Å². The quantitative estimate of drug-likeness (QED) is 0.772. The van der Waals surface area contributed by atoms with Gasteiger partial charge in [-0.3, -0.25) is 9.59 Å². The maximum atomic E-state index is 12.2. The fourth-order valence-electron chi connectivity index (χ4n) is 2.51. The second kappa shape index (κ2) is 8.00. The Morgan fingerprint density at radius 1 is 1.29 bits per heavy atom. The van der Waals surface area contributed by atoms with Crippen molar-refractivity contribution in [3.63, 3.8) is 0 Å². The molecule has 1 fully saturated rings. The van der Waals surface area contributed by atoms with Crippen LogP contribution < -0.4 is 5.32 Å². The Bertz CT molecular complexity index is 397. The molecule has 0 aromatic carbocycles. The average Bonchev–Trinajstić information content (AvgIpc) is 2.50. The molecule has 0 aromatic rings. The van der Waals surface area contributed by atoms with Gasteiger partial charge >= 0.3 is 5.97 Å². The Hall–Kier alpha value is -1.59. The van der Waals surface area contributed by atoms with Crippen molar-refractivity contribution >= 4 is 17.8 Å². The van der Waals surface area contributed by atoms with E-state index < -0.39 is 12.0 Å². The lowest BCUT2D eigenvalue weighted by Gasteiger charge is -2.34. The zero-order chi connectivity index (χ0) is 16.0. The molecule has 21 heavy (non-hydrogen) atoms. The standard InChI is InChI=1S/C15H26N2O4/c1-4-10(3)14(19)17-8-6-7-11(9-17)13(18)16-12(5-2)15(20)21/h10-12H,4-9H2,1-3H3,(H,16,18)(H,20,21). The Morgan fingerprint density at radius 2 is 1.95 bits per heavy atom. The maximum Gasteiger partial charge on any atom is 0.326 e. The number of carbonyl (C=O) groups excluding carboxylic acids is 2. The van der Waals surface area contributed by atoms with Crippen molar-refractivity contribution < 1.29 is 19.5 Å². The van der Waals surface area contributed by atoms with E-state index >= 15 is 0 Å². The number of nitrogens with one attached hydrogen (secondary N) is 1. The number of nitrogens with zero attached hydrogens (tertiary/aromatic N) is 1. The summed E-state index contributed by atoms with van der Waals surface area (Å²) in [5.41, 5.74) is 0. The predicted molar refractivity (Wildman–Crippen MR) is 78.6 cm³/mol. The van der Waals surface area contributed by atoms with Gasteiger partial charge in [-0.15, -0.1) is 0 Å². The third-order valence-electron chi connectivity index (χ3n) is 4.16. The molecule has 6 heteroatoms. The molecule has 6 nitrogen and oxygen atoms in total. The molecule has 120 valence electrons. The summed E-state index contributed by atoms with van der Waals surface area (Å²) in [6, 6.07) is -0.849. The molecule has 0 aromatic heterocycles. The summed E-state index contributed by atoms with van der Waals surface area (Å²) in [7, 11) is 0. The number of carboxylic acid groups (broad SMARTS) is 1. The van der Waals surface area contributed by atoms with Crippen LogP contribution in [0.4, 0.5) is 0 Å². The molecule has 0 aliphatic carbocycles. The van der Waals surface area contributed by atoms with Crippen LogP contribution >= 0.6 is 0 Å². The molecule has 2 N–H and O–H groups in total. The minimum absolute atomic E-state index is 0.0331. The number of rotatable bonds is 6. The van der Waals surface area contributed by atoms with E-state index in [2.05, 4.69) is 5.32 Å². The van der Waals surface area contributed by atoms with E-state index in [0.29, 0.717) is 25.9 Å². The fraction of sp³-hybridized carbons (Fsp3) is 0.800. The highest BCUT2D eigenvalue weighted by Gasteiger charge is 2.31. The largest absolute Gasteiger partial charge is 0.480 e. The van der Waals surface area contributed by atoms with Crippen molar-refractivity contribution in [2.24, 2.45) is 11.8 Å². The third kappa shape index (κ3) is 4.72. The lowest BCUT2D eigenvalue weighted by Crippen LogP contribution is -2.50. The first kappa shape index (κ1) is 17.5. The van der Waals surface area contributed by atoms with Gasteiger partial charge in [-0.25, -0.2) is 4.79 Å². The van der Waals surface area contributed by atoms with Gasteiger partial charge in [0, 0.05) is 19.0 Å². The number of amides is 2. The van der Waals surface area contributed by atoms with Crippen LogP contribution in [0.25, 0.3) is 0 Å². The zero-order valence-electron chi connectivity index (χ0n) is 13.1. The van der Waals surface area contributed by atoms with Crippen LogP contribution in [0.2, 0.25) is 0 Å².